The van der Waals surface area contributed by atoms with Crippen LogP contribution < -0.4 is 0 Å². The molecule has 0 unspecified atom stereocenters. The van der Waals surface area contributed by atoms with Crippen molar-refractivity contribution in [3.63, 3.8) is 0 Å². The van der Waals surface area contributed by atoms with E-state index in [2.05, 4.69) is 73.8 Å². The third kappa shape index (κ3) is 3.44. The molecule has 116 valence electrons. The van der Waals surface area contributed by atoms with E-state index < -0.39 is 0 Å². The molecule has 0 heterocycles. The molecule has 0 aromatic heterocycles. The topological polar surface area (TPSA) is 0 Å². The molecule has 0 heteroatoms. The normalized spacial score (nSPS) is 10.0. The Morgan fingerprint density at radius 1 is 0.458 bits per heavy atom. The Morgan fingerprint density at radius 3 is 1.04 bits per heavy atom. The maximum absolute atomic E-state index is 3.69. The van der Waals surface area contributed by atoms with Crippen LogP contribution in [0.3, 0.4) is 0 Å². The first-order chi connectivity index (χ1) is 11.8. The average molecular weight is 308 g/mol. The Morgan fingerprint density at radius 2 is 0.750 bits per heavy atom. The summed E-state index contributed by atoms with van der Waals surface area (Å²) in [6.45, 7) is 7.38. The van der Waals surface area contributed by atoms with Crippen molar-refractivity contribution in [1.82, 2.24) is 0 Å². The van der Waals surface area contributed by atoms with Gasteiger partial charge in [-0.2, -0.15) is 0 Å². The van der Waals surface area contributed by atoms with Crippen LogP contribution in [0, 0.1) is 0 Å². The van der Waals surface area contributed by atoms with Gasteiger partial charge in [-0.1, -0.05) is 98.1 Å². The van der Waals surface area contributed by atoms with Crippen molar-refractivity contribution in [2.75, 3.05) is 0 Å². The molecule has 0 fully saturated rings. The molecule has 24 heavy (non-hydrogen) atoms. The lowest BCUT2D eigenvalue weighted by atomic mass is 10.0. The van der Waals surface area contributed by atoms with Crippen LogP contribution in [0.1, 0.15) is 11.1 Å². The van der Waals surface area contributed by atoms with Gasteiger partial charge in [0, 0.05) is 0 Å². The first kappa shape index (κ1) is 15.8. The quantitative estimate of drug-likeness (QED) is 0.351. The third-order valence-corrected chi connectivity index (χ3v) is 4.05. The van der Waals surface area contributed by atoms with Crippen molar-refractivity contribution in [2.45, 2.75) is 0 Å². The van der Waals surface area contributed by atoms with Crippen molar-refractivity contribution < 1.29 is 0 Å². The predicted octanol–water partition coefficient (Wildman–Crippen LogP) is 6.97. The molecule has 0 spiro atoms. The summed E-state index contributed by atoms with van der Waals surface area (Å²) in [6, 6.07) is 29.4. The smallest absolute Gasteiger partial charge is 0.0178 e. The second-order valence-corrected chi connectivity index (χ2v) is 5.58. The van der Waals surface area contributed by atoms with E-state index in [1.807, 2.05) is 36.4 Å². The molecule has 4 aromatic carbocycles. The first-order valence-corrected chi connectivity index (χ1v) is 8.03. The number of fused-ring (bicyclic) bond motifs is 2. The maximum Gasteiger partial charge on any atom is -0.0178 e. The molecule has 0 aliphatic rings. The molecule has 0 aliphatic carbocycles. The summed E-state index contributed by atoms with van der Waals surface area (Å²) in [7, 11) is 0. The summed E-state index contributed by atoms with van der Waals surface area (Å²) in [6.07, 6.45) is 3.66. The molecule has 0 saturated heterocycles. The van der Waals surface area contributed by atoms with Crippen LogP contribution in [-0.2, 0) is 0 Å². The second kappa shape index (κ2) is 7.43. The van der Waals surface area contributed by atoms with Gasteiger partial charge in [0.2, 0.25) is 0 Å². The predicted molar refractivity (Wildman–Crippen MR) is 108 cm³/mol. The van der Waals surface area contributed by atoms with Gasteiger partial charge in [-0.3, -0.25) is 0 Å². The van der Waals surface area contributed by atoms with Crippen LogP contribution in [0.2, 0.25) is 0 Å². The summed E-state index contributed by atoms with van der Waals surface area (Å²) in [5.41, 5.74) is 2.27. The summed E-state index contributed by atoms with van der Waals surface area (Å²) >= 11 is 0. The summed E-state index contributed by atoms with van der Waals surface area (Å²) in [4.78, 5) is 0. The van der Waals surface area contributed by atoms with Crippen LogP contribution in [-0.4, -0.2) is 0 Å². The zero-order valence-electron chi connectivity index (χ0n) is 13.7. The molecule has 0 N–H and O–H groups in total. The van der Waals surface area contributed by atoms with Crippen molar-refractivity contribution in [2.24, 2.45) is 0 Å². The van der Waals surface area contributed by atoms with Crippen LogP contribution in [0.25, 0.3) is 33.7 Å². The van der Waals surface area contributed by atoms with Crippen molar-refractivity contribution in [1.29, 1.82) is 0 Å². The Hall–Kier alpha value is -3.12. The minimum Gasteiger partial charge on any atom is -0.0984 e. The Kier molecular flexibility index (Phi) is 4.88. The van der Waals surface area contributed by atoms with E-state index >= 15 is 0 Å². The standard InChI is InChI=1S/C14H10.C10H10/c1-2-6-12-10-14-8-4-3-7-13(14)9-11(12)5-1;1-3-9-7-5-6-8-10(9)4-2/h1-10H;3-8H,1-2H2. The molecule has 0 saturated carbocycles. The van der Waals surface area contributed by atoms with E-state index in [0.29, 0.717) is 0 Å². The highest BCUT2D eigenvalue weighted by atomic mass is 14.0. The van der Waals surface area contributed by atoms with Gasteiger partial charge in [-0.05, 0) is 44.8 Å². The molecular formula is C24H20. The Balaban J connectivity index is 0.000000150. The number of rotatable bonds is 2. The molecule has 4 rings (SSSR count). The molecule has 0 aliphatic heterocycles. The first-order valence-electron chi connectivity index (χ1n) is 8.03. The fraction of sp³-hybridized carbons (Fsp3) is 0. The minimum atomic E-state index is 1.14. The van der Waals surface area contributed by atoms with Gasteiger partial charge >= 0.3 is 0 Å². The van der Waals surface area contributed by atoms with Crippen LogP contribution >= 0.6 is 0 Å². The lowest BCUT2D eigenvalue weighted by molar-refractivity contribution is 1.62. The molecule has 0 atom stereocenters. The summed E-state index contributed by atoms with van der Waals surface area (Å²) < 4.78 is 0. The van der Waals surface area contributed by atoms with Crippen molar-refractivity contribution >= 4 is 33.7 Å². The molecular weight excluding hydrogens is 288 g/mol. The van der Waals surface area contributed by atoms with Gasteiger partial charge in [0.05, 0.1) is 0 Å². The number of benzene rings is 4. The van der Waals surface area contributed by atoms with E-state index in [1.165, 1.54) is 21.5 Å². The zero-order valence-corrected chi connectivity index (χ0v) is 13.7. The van der Waals surface area contributed by atoms with E-state index in [4.69, 9.17) is 0 Å². The SMILES string of the molecule is C=Cc1ccccc1C=C.c1ccc2cc3ccccc3cc2c1. The van der Waals surface area contributed by atoms with Gasteiger partial charge in [0.25, 0.3) is 0 Å². The van der Waals surface area contributed by atoms with E-state index in [-0.39, 0.29) is 0 Å². The second-order valence-electron chi connectivity index (χ2n) is 5.58. The largest absolute Gasteiger partial charge is 0.0984 e. The van der Waals surface area contributed by atoms with Gasteiger partial charge in [0.15, 0.2) is 0 Å². The van der Waals surface area contributed by atoms with Crippen LogP contribution in [0.4, 0.5) is 0 Å². The highest BCUT2D eigenvalue weighted by Crippen LogP contribution is 2.22. The van der Waals surface area contributed by atoms with Gasteiger partial charge in [0.1, 0.15) is 0 Å². The average Bonchev–Trinajstić information content (AvgIpc) is 2.66. The van der Waals surface area contributed by atoms with Gasteiger partial charge in [-0.25, -0.2) is 0 Å². The number of hydrogen-bond acceptors (Lipinski definition) is 0. The minimum absolute atomic E-state index is 1.14. The monoisotopic (exact) mass is 308 g/mol. The van der Waals surface area contributed by atoms with E-state index in [9.17, 15) is 0 Å². The molecule has 0 bridgehead atoms. The number of hydrogen-bond donors (Lipinski definition) is 0. The lowest BCUT2D eigenvalue weighted by Crippen LogP contribution is -1.76. The summed E-state index contributed by atoms with van der Waals surface area (Å²) in [5.74, 6) is 0. The van der Waals surface area contributed by atoms with E-state index in [0.717, 1.165) is 11.1 Å². The summed E-state index contributed by atoms with van der Waals surface area (Å²) in [5, 5.41) is 5.25. The Bertz CT molecular complexity index is 861. The molecule has 0 nitrogen and oxygen atoms in total. The lowest BCUT2D eigenvalue weighted by Gasteiger charge is -2.00. The highest BCUT2D eigenvalue weighted by Gasteiger charge is 1.95. The third-order valence-electron chi connectivity index (χ3n) is 4.05. The fourth-order valence-corrected chi connectivity index (χ4v) is 2.77. The molecule has 0 radical (unpaired) electrons. The highest BCUT2D eigenvalue weighted by molar-refractivity contribution is 5.98. The fourth-order valence-electron chi connectivity index (χ4n) is 2.77. The van der Waals surface area contributed by atoms with Crippen LogP contribution in [0.5, 0.6) is 0 Å². The molecule has 4 aromatic rings. The van der Waals surface area contributed by atoms with Crippen LogP contribution in [0.15, 0.2) is 98.1 Å². The molecule has 0 amide bonds. The van der Waals surface area contributed by atoms with Gasteiger partial charge < -0.3 is 0 Å². The van der Waals surface area contributed by atoms with Crippen molar-refractivity contribution in [3.8, 4) is 0 Å². The van der Waals surface area contributed by atoms with Crippen molar-refractivity contribution in [3.05, 3.63) is 109 Å². The maximum atomic E-state index is 3.69. The Labute approximate surface area is 143 Å². The van der Waals surface area contributed by atoms with E-state index in [1.54, 1.807) is 0 Å². The van der Waals surface area contributed by atoms with Gasteiger partial charge in [-0.15, -0.1) is 0 Å². The zero-order chi connectivity index (χ0) is 16.8.